The molecule has 0 atom stereocenters. The van der Waals surface area contributed by atoms with Crippen LogP contribution in [0.15, 0.2) is 191 Å². The first kappa shape index (κ1) is 35.0. The van der Waals surface area contributed by atoms with Crippen molar-refractivity contribution in [2.24, 2.45) is 0 Å². The van der Waals surface area contributed by atoms with Crippen LogP contribution in [0.3, 0.4) is 0 Å². The Hall–Kier alpha value is -7.96. The quantitative estimate of drug-likeness (QED) is 0.167. The molecular formula is C55H36N4O2. The van der Waals surface area contributed by atoms with Crippen LogP contribution in [0.5, 0.6) is 0 Å². The van der Waals surface area contributed by atoms with Crippen LogP contribution in [0.25, 0.3) is 112 Å². The molecule has 1 aliphatic carbocycles. The third-order valence-electron chi connectivity index (χ3n) is 12.2. The minimum absolute atomic E-state index is 0.229. The molecule has 0 spiro atoms. The van der Waals surface area contributed by atoms with Crippen LogP contribution in [-0.2, 0) is 5.41 Å². The Kier molecular flexibility index (Phi) is 7.78. The van der Waals surface area contributed by atoms with Crippen LogP contribution in [0.4, 0.5) is 0 Å². The molecule has 6 nitrogen and oxygen atoms in total. The third-order valence-corrected chi connectivity index (χ3v) is 12.2. The largest absolute Gasteiger partial charge is 0.455 e. The van der Waals surface area contributed by atoms with Crippen LogP contribution in [-0.4, -0.2) is 19.9 Å². The van der Waals surface area contributed by atoms with Crippen LogP contribution in [0.1, 0.15) is 25.0 Å². The average molecular weight is 785 g/mol. The smallest absolute Gasteiger partial charge is 0.227 e. The maximum Gasteiger partial charge on any atom is 0.227 e. The molecule has 0 fully saturated rings. The number of rotatable bonds is 6. The van der Waals surface area contributed by atoms with E-state index in [1.165, 1.54) is 22.3 Å². The predicted octanol–water partition coefficient (Wildman–Crippen LogP) is 14.2. The fourth-order valence-corrected chi connectivity index (χ4v) is 9.00. The summed E-state index contributed by atoms with van der Waals surface area (Å²) in [4.78, 5) is 20.3. The Morgan fingerprint density at radius 2 is 0.951 bits per heavy atom. The van der Waals surface area contributed by atoms with Crippen molar-refractivity contribution in [1.29, 1.82) is 0 Å². The van der Waals surface area contributed by atoms with Crippen molar-refractivity contribution in [2.45, 2.75) is 19.3 Å². The number of para-hydroxylation sites is 2. The number of furan rings is 1. The standard InChI is InChI=1S/C55H36N4O2/c1-55(2)45-30-38(27-28-40(45)44-31-47-49(32-46(44)55)61-54(56-47)36-15-7-4-8-16-36)34-23-25-35(26-24-34)51-57-52(39-18-11-17-37(29-39)33-13-5-3-6-14-33)59-53(58-51)43-21-12-20-42-41-19-9-10-22-48(41)60-50(42)43/h3-32H,1-2H3. The lowest BCUT2D eigenvalue weighted by Gasteiger charge is -2.22. The predicted molar refractivity (Wildman–Crippen MR) is 245 cm³/mol. The van der Waals surface area contributed by atoms with E-state index in [1.807, 2.05) is 66.7 Å². The summed E-state index contributed by atoms with van der Waals surface area (Å²) in [5, 5.41) is 2.08. The monoisotopic (exact) mass is 784 g/mol. The molecular weight excluding hydrogens is 749 g/mol. The number of benzene rings is 8. The van der Waals surface area contributed by atoms with Crippen molar-refractivity contribution in [2.75, 3.05) is 0 Å². The van der Waals surface area contributed by atoms with Crippen molar-refractivity contribution < 1.29 is 8.83 Å². The van der Waals surface area contributed by atoms with Crippen molar-refractivity contribution >= 4 is 33.0 Å². The highest BCUT2D eigenvalue weighted by Crippen LogP contribution is 2.51. The normalized spacial score (nSPS) is 12.9. The maximum atomic E-state index is 6.47. The molecule has 8 aromatic carbocycles. The minimum Gasteiger partial charge on any atom is -0.455 e. The van der Waals surface area contributed by atoms with E-state index in [4.69, 9.17) is 28.8 Å². The molecule has 0 amide bonds. The van der Waals surface area contributed by atoms with Gasteiger partial charge in [-0.1, -0.05) is 147 Å². The number of nitrogens with zero attached hydrogens (tertiary/aromatic N) is 4. The van der Waals surface area contributed by atoms with Gasteiger partial charge in [0.15, 0.2) is 23.1 Å². The second kappa shape index (κ2) is 13.5. The Morgan fingerprint density at radius 3 is 1.77 bits per heavy atom. The van der Waals surface area contributed by atoms with E-state index in [1.54, 1.807) is 0 Å². The Bertz CT molecular complexity index is 3490. The number of hydrogen-bond donors (Lipinski definition) is 0. The summed E-state index contributed by atoms with van der Waals surface area (Å²) in [6.07, 6.45) is 0. The van der Waals surface area contributed by atoms with Gasteiger partial charge in [-0.15, -0.1) is 0 Å². The fraction of sp³-hybridized carbons (Fsp3) is 0.0545. The van der Waals surface area contributed by atoms with Crippen molar-refractivity contribution in [3.05, 3.63) is 193 Å². The van der Waals surface area contributed by atoms with Gasteiger partial charge >= 0.3 is 0 Å². The second-order valence-corrected chi connectivity index (χ2v) is 16.2. The molecule has 0 unspecified atom stereocenters. The van der Waals surface area contributed by atoms with Crippen molar-refractivity contribution in [1.82, 2.24) is 19.9 Å². The molecule has 3 aromatic heterocycles. The third kappa shape index (κ3) is 5.79. The van der Waals surface area contributed by atoms with Crippen LogP contribution in [0, 0.1) is 0 Å². The van der Waals surface area contributed by atoms with E-state index in [2.05, 4.69) is 129 Å². The van der Waals surface area contributed by atoms with E-state index in [9.17, 15) is 0 Å². The molecule has 6 heteroatoms. The zero-order chi connectivity index (χ0) is 40.7. The van der Waals surface area contributed by atoms with Gasteiger partial charge in [0.1, 0.15) is 16.7 Å². The summed E-state index contributed by atoms with van der Waals surface area (Å²) in [6, 6.07) is 62.8. The van der Waals surface area contributed by atoms with E-state index in [0.717, 1.165) is 77.5 Å². The average Bonchev–Trinajstić information content (AvgIpc) is 3.99. The topological polar surface area (TPSA) is 77.8 Å². The van der Waals surface area contributed by atoms with E-state index in [0.29, 0.717) is 23.4 Å². The molecule has 0 aliphatic heterocycles. The molecule has 61 heavy (non-hydrogen) atoms. The molecule has 288 valence electrons. The van der Waals surface area contributed by atoms with Crippen LogP contribution >= 0.6 is 0 Å². The molecule has 1 aliphatic rings. The SMILES string of the molecule is CC1(C)c2cc(-c3ccc(-c4nc(-c5cccc(-c6ccccc6)c5)nc(-c5cccc6c5oc5ccccc56)n4)cc3)ccc2-c2cc3nc(-c4ccccc4)oc3cc21. The van der Waals surface area contributed by atoms with Crippen LogP contribution in [0.2, 0.25) is 0 Å². The van der Waals surface area contributed by atoms with E-state index in [-0.39, 0.29) is 5.41 Å². The molecule has 0 bridgehead atoms. The van der Waals surface area contributed by atoms with Gasteiger partial charge in [-0.2, -0.15) is 0 Å². The van der Waals surface area contributed by atoms with Gasteiger partial charge < -0.3 is 8.83 Å². The first-order valence-electron chi connectivity index (χ1n) is 20.5. The number of aromatic nitrogens is 4. The van der Waals surface area contributed by atoms with Gasteiger partial charge in [-0.25, -0.2) is 19.9 Å². The van der Waals surface area contributed by atoms with E-state index >= 15 is 0 Å². The van der Waals surface area contributed by atoms with Gasteiger partial charge in [0.2, 0.25) is 5.89 Å². The van der Waals surface area contributed by atoms with Gasteiger partial charge in [0.25, 0.3) is 0 Å². The molecule has 11 aromatic rings. The lowest BCUT2D eigenvalue weighted by Crippen LogP contribution is -2.15. The number of hydrogen-bond acceptors (Lipinski definition) is 6. The first-order valence-corrected chi connectivity index (χ1v) is 20.5. The molecule has 12 rings (SSSR count). The second-order valence-electron chi connectivity index (χ2n) is 16.2. The summed E-state index contributed by atoms with van der Waals surface area (Å²) in [6.45, 7) is 4.59. The number of oxazole rings is 1. The van der Waals surface area contributed by atoms with Crippen molar-refractivity contribution in [3.8, 4) is 79.0 Å². The summed E-state index contributed by atoms with van der Waals surface area (Å²) >= 11 is 0. The highest BCUT2D eigenvalue weighted by Gasteiger charge is 2.36. The van der Waals surface area contributed by atoms with Gasteiger partial charge in [-0.05, 0) is 93.0 Å². The summed E-state index contributed by atoms with van der Waals surface area (Å²) in [5.41, 5.74) is 16.0. The highest BCUT2D eigenvalue weighted by molar-refractivity contribution is 6.09. The summed E-state index contributed by atoms with van der Waals surface area (Å²) in [7, 11) is 0. The fourth-order valence-electron chi connectivity index (χ4n) is 9.00. The molecule has 0 radical (unpaired) electrons. The molecule has 0 N–H and O–H groups in total. The highest BCUT2D eigenvalue weighted by atomic mass is 16.3. The van der Waals surface area contributed by atoms with Crippen molar-refractivity contribution in [3.63, 3.8) is 0 Å². The lowest BCUT2D eigenvalue weighted by molar-refractivity contribution is 0.614. The minimum atomic E-state index is -0.229. The maximum absolute atomic E-state index is 6.47. The Labute approximate surface area is 351 Å². The lowest BCUT2D eigenvalue weighted by atomic mass is 9.81. The Morgan fingerprint density at radius 1 is 0.361 bits per heavy atom. The number of fused-ring (bicyclic) bond motifs is 7. The zero-order valence-corrected chi connectivity index (χ0v) is 33.4. The van der Waals surface area contributed by atoms with Crippen LogP contribution < -0.4 is 0 Å². The van der Waals surface area contributed by atoms with Gasteiger partial charge in [0, 0.05) is 32.9 Å². The first-order chi connectivity index (χ1) is 29.9. The molecule has 0 saturated carbocycles. The zero-order valence-electron chi connectivity index (χ0n) is 33.4. The molecule has 0 saturated heterocycles. The van der Waals surface area contributed by atoms with Gasteiger partial charge in [0.05, 0.1) is 5.56 Å². The van der Waals surface area contributed by atoms with E-state index < -0.39 is 0 Å². The summed E-state index contributed by atoms with van der Waals surface area (Å²) in [5.74, 6) is 2.37. The van der Waals surface area contributed by atoms with Gasteiger partial charge in [-0.3, -0.25) is 0 Å². The molecule has 3 heterocycles. The Balaban J connectivity index is 0.931. The summed E-state index contributed by atoms with van der Waals surface area (Å²) < 4.78 is 12.8.